The van der Waals surface area contributed by atoms with Crippen molar-refractivity contribution < 1.29 is 9.18 Å². The number of hydrogen-bond donors (Lipinski definition) is 0. The topological polar surface area (TPSA) is 47.3 Å². The van der Waals surface area contributed by atoms with Crippen molar-refractivity contribution in [2.24, 2.45) is 0 Å². The average Bonchev–Trinajstić information content (AvgIpc) is 2.81. The fourth-order valence-corrected chi connectivity index (χ4v) is 1.89. The Kier molecular flexibility index (Phi) is 2.76. The molecule has 19 heavy (non-hydrogen) atoms. The van der Waals surface area contributed by atoms with Crippen LogP contribution in [0.2, 0.25) is 5.15 Å². The van der Waals surface area contributed by atoms with Crippen LogP contribution in [0.15, 0.2) is 42.6 Å². The molecule has 0 fully saturated rings. The van der Waals surface area contributed by atoms with Crippen molar-refractivity contribution in [3.63, 3.8) is 0 Å². The summed E-state index contributed by atoms with van der Waals surface area (Å²) in [4.78, 5) is 16.3. The monoisotopic (exact) mass is 275 g/mol. The number of benzene rings is 1. The van der Waals surface area contributed by atoms with Gasteiger partial charge in [-0.15, -0.1) is 0 Å². The van der Waals surface area contributed by atoms with Gasteiger partial charge in [0.05, 0.1) is 6.20 Å². The lowest BCUT2D eigenvalue weighted by atomic mass is 10.1. The Morgan fingerprint density at radius 1 is 1.16 bits per heavy atom. The van der Waals surface area contributed by atoms with Crippen LogP contribution in [0.25, 0.3) is 5.65 Å². The SMILES string of the molecule is O=C(c1ccc(F)cc1)c1cnc2ccc(Cl)nn12. The molecule has 0 bridgehead atoms. The van der Waals surface area contributed by atoms with Gasteiger partial charge < -0.3 is 0 Å². The first-order valence-corrected chi connectivity index (χ1v) is 5.83. The van der Waals surface area contributed by atoms with Crippen LogP contribution in [0.5, 0.6) is 0 Å². The number of carbonyl (C=O) groups is 1. The second-order valence-corrected chi connectivity index (χ2v) is 4.29. The summed E-state index contributed by atoms with van der Waals surface area (Å²) in [5, 5.41) is 4.29. The van der Waals surface area contributed by atoms with Crippen molar-refractivity contribution in [1.29, 1.82) is 0 Å². The highest BCUT2D eigenvalue weighted by Gasteiger charge is 2.15. The zero-order valence-corrected chi connectivity index (χ0v) is 10.3. The first kappa shape index (κ1) is 11.8. The molecule has 1 aromatic carbocycles. The van der Waals surface area contributed by atoms with Gasteiger partial charge in [-0.05, 0) is 36.4 Å². The number of carbonyl (C=O) groups excluding carboxylic acids is 1. The molecule has 0 N–H and O–H groups in total. The van der Waals surface area contributed by atoms with Crippen LogP contribution in [-0.4, -0.2) is 20.4 Å². The van der Waals surface area contributed by atoms with Gasteiger partial charge >= 0.3 is 0 Å². The Labute approximate surface area is 112 Å². The second-order valence-electron chi connectivity index (χ2n) is 3.91. The molecule has 0 unspecified atom stereocenters. The summed E-state index contributed by atoms with van der Waals surface area (Å²) >= 11 is 5.80. The zero-order chi connectivity index (χ0) is 13.4. The predicted molar refractivity (Wildman–Crippen MR) is 67.8 cm³/mol. The van der Waals surface area contributed by atoms with E-state index in [0.29, 0.717) is 11.2 Å². The smallest absolute Gasteiger partial charge is 0.213 e. The normalized spacial score (nSPS) is 10.8. The Morgan fingerprint density at radius 3 is 2.63 bits per heavy atom. The lowest BCUT2D eigenvalue weighted by Gasteiger charge is -2.01. The molecule has 2 aromatic heterocycles. The summed E-state index contributed by atoms with van der Waals surface area (Å²) in [6.07, 6.45) is 1.42. The number of ketones is 1. The molecule has 0 radical (unpaired) electrons. The van der Waals surface area contributed by atoms with Crippen LogP contribution in [0.3, 0.4) is 0 Å². The molecule has 3 aromatic rings. The van der Waals surface area contributed by atoms with Gasteiger partial charge in [0, 0.05) is 5.56 Å². The van der Waals surface area contributed by atoms with E-state index in [0.717, 1.165) is 0 Å². The van der Waals surface area contributed by atoms with E-state index in [9.17, 15) is 9.18 Å². The van der Waals surface area contributed by atoms with E-state index in [4.69, 9.17) is 11.6 Å². The van der Waals surface area contributed by atoms with Crippen LogP contribution < -0.4 is 0 Å². The molecule has 4 nitrogen and oxygen atoms in total. The van der Waals surface area contributed by atoms with E-state index < -0.39 is 5.82 Å². The van der Waals surface area contributed by atoms with Gasteiger partial charge in [-0.2, -0.15) is 5.10 Å². The maximum Gasteiger partial charge on any atom is 0.213 e. The van der Waals surface area contributed by atoms with E-state index in [1.54, 1.807) is 12.1 Å². The highest BCUT2D eigenvalue weighted by molar-refractivity contribution is 6.29. The molecule has 2 heterocycles. The number of rotatable bonds is 2. The lowest BCUT2D eigenvalue weighted by Crippen LogP contribution is -2.07. The Morgan fingerprint density at radius 2 is 1.89 bits per heavy atom. The average molecular weight is 276 g/mol. The maximum atomic E-state index is 12.8. The fraction of sp³-hybridized carbons (Fsp3) is 0. The quantitative estimate of drug-likeness (QED) is 0.676. The number of aromatic nitrogens is 3. The number of fused-ring (bicyclic) bond motifs is 1. The minimum absolute atomic E-state index is 0.263. The highest BCUT2D eigenvalue weighted by atomic mass is 35.5. The van der Waals surface area contributed by atoms with Crippen molar-refractivity contribution in [3.05, 3.63) is 64.8 Å². The Bertz CT molecular complexity index is 767. The van der Waals surface area contributed by atoms with Crippen LogP contribution in [-0.2, 0) is 0 Å². The van der Waals surface area contributed by atoms with E-state index in [-0.39, 0.29) is 16.6 Å². The molecule has 0 amide bonds. The summed E-state index contributed by atoms with van der Waals surface area (Å²) in [7, 11) is 0. The van der Waals surface area contributed by atoms with Crippen LogP contribution in [0.1, 0.15) is 16.1 Å². The van der Waals surface area contributed by atoms with Gasteiger partial charge in [-0.3, -0.25) is 4.79 Å². The molecule has 0 saturated carbocycles. The summed E-state index contributed by atoms with van der Waals surface area (Å²) in [5.41, 5.74) is 1.17. The molecule has 94 valence electrons. The molecule has 0 saturated heterocycles. The van der Waals surface area contributed by atoms with Gasteiger partial charge in [-0.25, -0.2) is 13.9 Å². The minimum atomic E-state index is -0.393. The van der Waals surface area contributed by atoms with E-state index in [2.05, 4.69) is 10.1 Å². The third-order valence-corrected chi connectivity index (χ3v) is 2.87. The van der Waals surface area contributed by atoms with Gasteiger partial charge in [0.1, 0.15) is 16.7 Å². The fourth-order valence-electron chi connectivity index (χ4n) is 1.75. The lowest BCUT2D eigenvalue weighted by molar-refractivity contribution is 0.103. The standard InChI is InChI=1S/C13H7ClFN3O/c14-11-5-6-12-16-7-10(18(12)17-11)13(19)8-1-3-9(15)4-2-8/h1-7H. The van der Waals surface area contributed by atoms with E-state index in [1.165, 1.54) is 35.0 Å². The molecule has 6 heteroatoms. The zero-order valence-electron chi connectivity index (χ0n) is 9.55. The number of nitrogens with zero attached hydrogens (tertiary/aromatic N) is 3. The highest BCUT2D eigenvalue weighted by Crippen LogP contribution is 2.14. The third-order valence-electron chi connectivity index (χ3n) is 2.67. The summed E-state index contributed by atoms with van der Waals surface area (Å²) in [5.74, 6) is -0.682. The van der Waals surface area contributed by atoms with Gasteiger partial charge in [0.2, 0.25) is 5.78 Å². The first-order valence-electron chi connectivity index (χ1n) is 5.46. The van der Waals surface area contributed by atoms with E-state index in [1.807, 2.05) is 0 Å². The molecule has 0 aliphatic carbocycles. The number of imidazole rings is 1. The molecule has 3 rings (SSSR count). The van der Waals surface area contributed by atoms with Crippen LogP contribution in [0.4, 0.5) is 4.39 Å². The molecule has 0 spiro atoms. The second kappa shape index (κ2) is 4.44. The van der Waals surface area contributed by atoms with Crippen LogP contribution in [0, 0.1) is 5.82 Å². The largest absolute Gasteiger partial charge is 0.287 e. The van der Waals surface area contributed by atoms with Crippen molar-refractivity contribution in [2.45, 2.75) is 0 Å². The van der Waals surface area contributed by atoms with Gasteiger partial charge in [-0.1, -0.05) is 11.6 Å². The summed E-state index contributed by atoms with van der Waals surface area (Å²) < 4.78 is 14.2. The van der Waals surface area contributed by atoms with Gasteiger partial charge in [0.25, 0.3) is 0 Å². The first-order chi connectivity index (χ1) is 9.15. The van der Waals surface area contributed by atoms with Gasteiger partial charge in [0.15, 0.2) is 5.65 Å². The van der Waals surface area contributed by atoms with Crippen molar-refractivity contribution in [1.82, 2.24) is 14.6 Å². The Hall–Kier alpha value is -2.27. The minimum Gasteiger partial charge on any atom is -0.287 e. The predicted octanol–water partition coefficient (Wildman–Crippen LogP) is 2.75. The maximum absolute atomic E-state index is 12.8. The number of halogens is 2. The molecule has 0 atom stereocenters. The van der Waals surface area contributed by atoms with Crippen molar-refractivity contribution >= 4 is 23.0 Å². The van der Waals surface area contributed by atoms with E-state index >= 15 is 0 Å². The molecular weight excluding hydrogens is 269 g/mol. The van der Waals surface area contributed by atoms with Crippen molar-refractivity contribution in [2.75, 3.05) is 0 Å². The van der Waals surface area contributed by atoms with Crippen LogP contribution >= 0.6 is 11.6 Å². The summed E-state index contributed by atoms with van der Waals surface area (Å²) in [6, 6.07) is 8.56. The molecular formula is C13H7ClFN3O. The van der Waals surface area contributed by atoms with Crippen molar-refractivity contribution in [3.8, 4) is 0 Å². The Balaban J connectivity index is 2.11. The molecule has 0 aliphatic heterocycles. The molecule has 0 aliphatic rings. The third kappa shape index (κ3) is 2.08. The number of hydrogen-bond acceptors (Lipinski definition) is 3. The summed E-state index contributed by atoms with van der Waals surface area (Å²) in [6.45, 7) is 0.